The third-order valence-corrected chi connectivity index (χ3v) is 11.2. The largest absolute Gasteiger partial charge is 0.252 e. The zero-order valence-electron chi connectivity index (χ0n) is 22.4. The molecule has 0 heterocycles. The minimum absolute atomic E-state index is 1.03. The van der Waals surface area contributed by atoms with Gasteiger partial charge >= 0.3 is 0 Å². The summed E-state index contributed by atoms with van der Waals surface area (Å²) in [5, 5.41) is 12.6. The summed E-state index contributed by atoms with van der Waals surface area (Å²) >= 11 is 0. The van der Waals surface area contributed by atoms with Gasteiger partial charge in [0.15, 0.2) is 7.51 Å². The molecule has 0 aliphatic carbocycles. The van der Waals surface area contributed by atoms with E-state index in [9.17, 15) is 0 Å². The zero-order valence-corrected chi connectivity index (χ0v) is 23.3. The van der Waals surface area contributed by atoms with Crippen molar-refractivity contribution in [1.82, 2.24) is 14.0 Å². The summed E-state index contributed by atoms with van der Waals surface area (Å²) in [6, 6.07) is 33.6. The summed E-state index contributed by atoms with van der Waals surface area (Å²) in [6.07, 6.45) is 0. The van der Waals surface area contributed by atoms with Crippen molar-refractivity contribution in [2.45, 2.75) is 0 Å². The van der Waals surface area contributed by atoms with E-state index in [4.69, 9.17) is 4.74 Å². The van der Waals surface area contributed by atoms with Gasteiger partial charge in [-0.15, -0.1) is 0 Å². The predicted octanol–water partition coefficient (Wildman–Crippen LogP) is 8.72. The van der Waals surface area contributed by atoms with Gasteiger partial charge in [0, 0.05) is 5.39 Å². The van der Waals surface area contributed by atoms with Gasteiger partial charge in [-0.3, -0.25) is 14.0 Å². The van der Waals surface area contributed by atoms with E-state index in [2.05, 4.69) is 147 Å². The van der Waals surface area contributed by atoms with Crippen molar-refractivity contribution in [3.8, 4) is 0 Å². The quantitative estimate of drug-likeness (QED) is 0.136. The number of benzene rings is 6. The summed E-state index contributed by atoms with van der Waals surface area (Å²) in [6.45, 7) is 0. The van der Waals surface area contributed by atoms with Crippen LogP contribution in [0.3, 0.4) is 0 Å². The molecule has 6 aromatic rings. The molecule has 0 amide bonds. The number of rotatable bonds is 4. The average Bonchev–Trinajstić information content (AvgIpc) is 2.87. The van der Waals surface area contributed by atoms with Crippen LogP contribution >= 0.6 is 7.51 Å². The number of fused-ring (bicyclic) bond motifs is 6. The van der Waals surface area contributed by atoms with Crippen molar-refractivity contribution in [3.63, 3.8) is 0 Å². The molecule has 0 fully saturated rings. The monoisotopic (exact) mass is 504 g/mol. The molecule has 6 aromatic carbocycles. The summed E-state index contributed by atoms with van der Waals surface area (Å²) in [7, 11) is 10.7. The minimum Gasteiger partial charge on any atom is -0.252 e. The highest BCUT2D eigenvalue weighted by Gasteiger charge is 2.28. The molecule has 0 radical (unpaired) electrons. The standard InChI is InChI=1S/C32H33N4P/c1-34(2)37(35(3)4,36(5)6)33-32-13-9-12-24-18-25-14-15-26-19-27-16-22-10-7-8-11-23(22)17-28(27)20-29(26)30(25)21-31(24)32/h7-21H,1-6H3. The van der Waals surface area contributed by atoms with Crippen molar-refractivity contribution >= 4 is 67.1 Å². The van der Waals surface area contributed by atoms with Crippen LogP contribution in [0.1, 0.15) is 0 Å². The van der Waals surface area contributed by atoms with E-state index in [0.29, 0.717) is 0 Å². The first-order valence-corrected chi connectivity index (χ1v) is 14.3. The van der Waals surface area contributed by atoms with Crippen LogP contribution in [0.15, 0.2) is 95.7 Å². The molecule has 0 saturated heterocycles. The minimum atomic E-state index is -2.08. The number of hydrogen-bond acceptors (Lipinski definition) is 1. The molecule has 0 aliphatic rings. The number of nitrogens with zero attached hydrogens (tertiary/aromatic N) is 4. The van der Waals surface area contributed by atoms with Crippen LogP contribution in [0, 0.1) is 0 Å². The van der Waals surface area contributed by atoms with E-state index in [-0.39, 0.29) is 0 Å². The summed E-state index contributed by atoms with van der Waals surface area (Å²) in [5.41, 5.74) is 1.03. The van der Waals surface area contributed by atoms with Gasteiger partial charge in [-0.2, -0.15) is 0 Å². The van der Waals surface area contributed by atoms with Crippen LogP contribution in [-0.4, -0.2) is 56.3 Å². The van der Waals surface area contributed by atoms with Gasteiger partial charge < -0.3 is 0 Å². The Kier molecular flexibility index (Phi) is 5.82. The SMILES string of the molecule is CN(C)P(=Nc1cccc2cc3ccc4cc5cc6ccccc6cc5cc4c3cc12)(N(C)C)N(C)C. The van der Waals surface area contributed by atoms with Crippen LogP contribution in [-0.2, 0) is 0 Å². The zero-order chi connectivity index (χ0) is 25.9. The molecule has 0 N–H and O–H groups in total. The van der Waals surface area contributed by atoms with Gasteiger partial charge in [-0.1, -0.05) is 48.5 Å². The van der Waals surface area contributed by atoms with Crippen molar-refractivity contribution in [3.05, 3.63) is 91.0 Å². The highest BCUT2D eigenvalue weighted by molar-refractivity contribution is 7.59. The lowest BCUT2D eigenvalue weighted by atomic mass is 9.94. The molecule has 186 valence electrons. The van der Waals surface area contributed by atoms with Gasteiger partial charge in [-0.25, -0.2) is 4.74 Å². The second kappa shape index (κ2) is 8.93. The first-order chi connectivity index (χ1) is 17.8. The third kappa shape index (κ3) is 3.84. The summed E-state index contributed by atoms with van der Waals surface area (Å²) in [5.74, 6) is 0. The molecule has 6 rings (SSSR count). The molecule has 0 aromatic heterocycles. The van der Waals surface area contributed by atoms with Gasteiger partial charge in [0.05, 0.1) is 5.69 Å². The third-order valence-electron chi connectivity index (χ3n) is 7.49. The van der Waals surface area contributed by atoms with E-state index in [1.165, 1.54) is 53.9 Å². The fourth-order valence-electron chi connectivity index (χ4n) is 5.83. The second-order valence-corrected chi connectivity index (χ2v) is 14.1. The Hall–Kier alpha value is -3.27. The van der Waals surface area contributed by atoms with Crippen molar-refractivity contribution < 1.29 is 0 Å². The van der Waals surface area contributed by atoms with E-state index in [1.54, 1.807) is 0 Å². The molecular weight excluding hydrogens is 471 g/mol. The Labute approximate surface area is 218 Å². The topological polar surface area (TPSA) is 22.1 Å². The molecule has 0 spiro atoms. The molecule has 37 heavy (non-hydrogen) atoms. The van der Waals surface area contributed by atoms with E-state index < -0.39 is 7.51 Å². The molecule has 0 saturated carbocycles. The Balaban J connectivity index is 1.67. The molecule has 4 nitrogen and oxygen atoms in total. The van der Waals surface area contributed by atoms with Crippen LogP contribution in [0.2, 0.25) is 0 Å². The van der Waals surface area contributed by atoms with Crippen molar-refractivity contribution in [2.75, 3.05) is 42.3 Å². The maximum absolute atomic E-state index is 5.48. The Morgan fingerprint density at radius 1 is 0.432 bits per heavy atom. The van der Waals surface area contributed by atoms with E-state index in [1.807, 2.05) is 0 Å². The normalized spacial score (nSPS) is 12.8. The Bertz CT molecular complexity index is 1860. The first-order valence-electron chi connectivity index (χ1n) is 12.7. The first kappa shape index (κ1) is 24.1. The molecule has 5 heteroatoms. The van der Waals surface area contributed by atoms with Gasteiger partial charge in [0.2, 0.25) is 0 Å². The Morgan fingerprint density at radius 2 is 0.892 bits per heavy atom. The fraction of sp³-hybridized carbons (Fsp3) is 0.188. The lowest BCUT2D eigenvalue weighted by molar-refractivity contribution is 0.474. The smallest absolute Gasteiger partial charge is 0.171 e. The predicted molar refractivity (Wildman–Crippen MR) is 164 cm³/mol. The average molecular weight is 505 g/mol. The lowest BCUT2D eigenvalue weighted by Gasteiger charge is -2.41. The van der Waals surface area contributed by atoms with Crippen LogP contribution in [0.4, 0.5) is 5.69 Å². The van der Waals surface area contributed by atoms with Crippen LogP contribution in [0.5, 0.6) is 0 Å². The molecule has 0 bridgehead atoms. The highest BCUT2D eigenvalue weighted by atomic mass is 31.2. The van der Waals surface area contributed by atoms with Gasteiger partial charge in [-0.05, 0) is 133 Å². The van der Waals surface area contributed by atoms with E-state index >= 15 is 0 Å². The Morgan fingerprint density at radius 3 is 1.49 bits per heavy atom. The molecule has 0 aliphatic heterocycles. The molecule has 0 atom stereocenters. The van der Waals surface area contributed by atoms with Crippen LogP contribution in [0.25, 0.3) is 53.9 Å². The molecule has 0 unspecified atom stereocenters. The lowest BCUT2D eigenvalue weighted by Crippen LogP contribution is -2.30. The van der Waals surface area contributed by atoms with Crippen molar-refractivity contribution in [1.29, 1.82) is 0 Å². The van der Waals surface area contributed by atoms with Crippen LogP contribution < -0.4 is 0 Å². The molecular formula is C32H33N4P. The second-order valence-electron chi connectivity index (χ2n) is 10.4. The van der Waals surface area contributed by atoms with E-state index in [0.717, 1.165) is 5.69 Å². The summed E-state index contributed by atoms with van der Waals surface area (Å²) < 4.78 is 12.3. The number of hydrogen-bond donors (Lipinski definition) is 0. The highest BCUT2D eigenvalue weighted by Crippen LogP contribution is 2.57. The maximum atomic E-state index is 5.48. The van der Waals surface area contributed by atoms with Gasteiger partial charge in [0.25, 0.3) is 0 Å². The summed E-state index contributed by atoms with van der Waals surface area (Å²) in [4.78, 5) is 0. The maximum Gasteiger partial charge on any atom is 0.171 e. The van der Waals surface area contributed by atoms with Gasteiger partial charge in [0.1, 0.15) is 0 Å². The van der Waals surface area contributed by atoms with Crippen molar-refractivity contribution in [2.24, 2.45) is 4.74 Å². The fourth-order valence-corrected chi connectivity index (χ4v) is 8.98.